The molecule has 0 atom stereocenters. The van der Waals surface area contributed by atoms with Crippen molar-refractivity contribution < 1.29 is 0 Å². The molecule has 4 aliphatic rings. The predicted molar refractivity (Wildman–Crippen MR) is 70.7 cm³/mol. The second kappa shape index (κ2) is 3.83. The zero-order valence-electron chi connectivity index (χ0n) is 11.0. The van der Waals surface area contributed by atoms with Crippen LogP contribution < -0.4 is 5.73 Å². The van der Waals surface area contributed by atoms with Crippen LogP contribution in [-0.4, -0.2) is 9.55 Å². The number of hydrogen-bond donors (Lipinski definition) is 1. The van der Waals surface area contributed by atoms with Gasteiger partial charge in [0.2, 0.25) is 0 Å². The van der Waals surface area contributed by atoms with Gasteiger partial charge in [0.15, 0.2) is 0 Å². The van der Waals surface area contributed by atoms with Crippen molar-refractivity contribution in [2.24, 2.45) is 28.9 Å². The minimum atomic E-state index is 0.569. The van der Waals surface area contributed by atoms with Gasteiger partial charge in [0.1, 0.15) is 5.82 Å². The van der Waals surface area contributed by atoms with Gasteiger partial charge in [-0.3, -0.25) is 0 Å². The van der Waals surface area contributed by atoms with E-state index in [0.29, 0.717) is 12.0 Å². The van der Waals surface area contributed by atoms with Gasteiger partial charge in [-0.15, -0.1) is 0 Å². The molecular weight excluding hydrogens is 222 g/mol. The Hall–Kier alpha value is -0.830. The topological polar surface area (TPSA) is 43.8 Å². The highest BCUT2D eigenvalue weighted by Gasteiger charge is 2.50. The maximum Gasteiger partial charge on any atom is 0.122 e. The SMILES string of the molecule is NCc1nccn1CC12CC3CC(CC(C3)C1)C2. The van der Waals surface area contributed by atoms with Crippen LogP contribution in [0.2, 0.25) is 0 Å². The molecule has 4 bridgehead atoms. The van der Waals surface area contributed by atoms with E-state index in [1.807, 2.05) is 6.20 Å². The van der Waals surface area contributed by atoms with E-state index in [2.05, 4.69) is 15.7 Å². The molecule has 5 rings (SSSR count). The second-order valence-electron chi connectivity index (χ2n) is 7.09. The molecule has 0 amide bonds. The summed E-state index contributed by atoms with van der Waals surface area (Å²) in [5.41, 5.74) is 6.36. The largest absolute Gasteiger partial charge is 0.333 e. The molecule has 3 heteroatoms. The Morgan fingerprint density at radius 1 is 1.17 bits per heavy atom. The number of nitrogens with zero attached hydrogens (tertiary/aromatic N) is 2. The fraction of sp³-hybridized carbons (Fsp3) is 0.800. The van der Waals surface area contributed by atoms with Crippen molar-refractivity contribution in [1.29, 1.82) is 0 Å². The molecule has 0 aromatic carbocycles. The number of aromatic nitrogens is 2. The summed E-state index contributed by atoms with van der Waals surface area (Å²) in [5.74, 6) is 4.15. The van der Waals surface area contributed by atoms with E-state index in [9.17, 15) is 0 Å². The molecule has 0 unspecified atom stereocenters. The molecule has 0 aliphatic heterocycles. The summed E-state index contributed by atoms with van der Waals surface area (Å²) < 4.78 is 2.33. The first-order valence-electron chi connectivity index (χ1n) is 7.46. The van der Waals surface area contributed by atoms with Crippen LogP contribution in [0.15, 0.2) is 12.4 Å². The second-order valence-corrected chi connectivity index (χ2v) is 7.09. The van der Waals surface area contributed by atoms with Gasteiger partial charge < -0.3 is 10.3 Å². The molecule has 3 nitrogen and oxygen atoms in total. The van der Waals surface area contributed by atoms with Gasteiger partial charge in [-0.05, 0) is 61.7 Å². The smallest absolute Gasteiger partial charge is 0.122 e. The quantitative estimate of drug-likeness (QED) is 0.889. The standard InChI is InChI=1S/C15H23N3/c16-9-14-17-1-2-18(14)10-15-6-11-3-12(7-15)5-13(4-11)8-15/h1-2,11-13H,3-10,16H2. The van der Waals surface area contributed by atoms with Crippen LogP contribution in [-0.2, 0) is 13.1 Å². The first kappa shape index (κ1) is 11.0. The summed E-state index contributed by atoms with van der Waals surface area (Å²) in [6, 6.07) is 0. The van der Waals surface area contributed by atoms with E-state index in [4.69, 9.17) is 5.73 Å². The molecule has 1 aromatic rings. The maximum absolute atomic E-state index is 5.78. The number of rotatable bonds is 3. The lowest BCUT2D eigenvalue weighted by atomic mass is 9.49. The van der Waals surface area contributed by atoms with Crippen molar-refractivity contribution in [2.45, 2.75) is 51.6 Å². The van der Waals surface area contributed by atoms with Gasteiger partial charge in [0.05, 0.1) is 6.54 Å². The van der Waals surface area contributed by atoms with Crippen molar-refractivity contribution in [3.63, 3.8) is 0 Å². The molecule has 4 saturated carbocycles. The molecule has 18 heavy (non-hydrogen) atoms. The van der Waals surface area contributed by atoms with Crippen molar-refractivity contribution in [3.05, 3.63) is 18.2 Å². The normalized spacial score (nSPS) is 41.5. The summed E-state index contributed by atoms with van der Waals surface area (Å²) in [6.07, 6.45) is 13.0. The maximum atomic E-state index is 5.78. The molecule has 1 heterocycles. The Kier molecular flexibility index (Phi) is 2.35. The van der Waals surface area contributed by atoms with Crippen LogP contribution in [0.25, 0.3) is 0 Å². The highest BCUT2D eigenvalue weighted by atomic mass is 15.1. The van der Waals surface area contributed by atoms with Crippen LogP contribution in [0, 0.1) is 23.2 Å². The van der Waals surface area contributed by atoms with E-state index < -0.39 is 0 Å². The molecule has 4 fully saturated rings. The molecule has 0 saturated heterocycles. The van der Waals surface area contributed by atoms with Gasteiger partial charge in [0, 0.05) is 18.9 Å². The molecule has 98 valence electrons. The van der Waals surface area contributed by atoms with Crippen molar-refractivity contribution >= 4 is 0 Å². The molecule has 0 spiro atoms. The van der Waals surface area contributed by atoms with Crippen molar-refractivity contribution in [2.75, 3.05) is 0 Å². The summed E-state index contributed by atoms with van der Waals surface area (Å²) in [4.78, 5) is 4.37. The van der Waals surface area contributed by atoms with E-state index in [-0.39, 0.29) is 0 Å². The van der Waals surface area contributed by atoms with Crippen LogP contribution in [0.4, 0.5) is 0 Å². The van der Waals surface area contributed by atoms with Crippen LogP contribution in [0.3, 0.4) is 0 Å². The Bertz CT molecular complexity index is 413. The van der Waals surface area contributed by atoms with Gasteiger partial charge in [0.25, 0.3) is 0 Å². The average molecular weight is 245 g/mol. The van der Waals surface area contributed by atoms with Crippen LogP contribution in [0.5, 0.6) is 0 Å². The number of nitrogens with two attached hydrogens (primary N) is 1. The zero-order valence-corrected chi connectivity index (χ0v) is 11.0. The first-order chi connectivity index (χ1) is 8.76. The molecule has 4 aliphatic carbocycles. The van der Waals surface area contributed by atoms with Gasteiger partial charge in [-0.1, -0.05) is 0 Å². The highest BCUT2D eigenvalue weighted by molar-refractivity contribution is 5.03. The fourth-order valence-corrected chi connectivity index (χ4v) is 5.52. The minimum Gasteiger partial charge on any atom is -0.333 e. The summed E-state index contributed by atoms with van der Waals surface area (Å²) in [5, 5.41) is 0. The number of hydrogen-bond acceptors (Lipinski definition) is 2. The molecular formula is C15H23N3. The van der Waals surface area contributed by atoms with Gasteiger partial charge >= 0.3 is 0 Å². The Morgan fingerprint density at radius 3 is 2.33 bits per heavy atom. The third-order valence-corrected chi connectivity index (χ3v) is 5.66. The Labute approximate surface area is 109 Å². The lowest BCUT2D eigenvalue weighted by Gasteiger charge is -2.57. The van der Waals surface area contributed by atoms with E-state index in [1.54, 1.807) is 0 Å². The van der Waals surface area contributed by atoms with Crippen molar-refractivity contribution in [1.82, 2.24) is 9.55 Å². The van der Waals surface area contributed by atoms with E-state index in [0.717, 1.165) is 23.6 Å². The van der Waals surface area contributed by atoms with Crippen LogP contribution >= 0.6 is 0 Å². The van der Waals surface area contributed by atoms with E-state index in [1.165, 1.54) is 45.1 Å². The van der Waals surface area contributed by atoms with E-state index >= 15 is 0 Å². The first-order valence-corrected chi connectivity index (χ1v) is 7.46. The summed E-state index contributed by atoms with van der Waals surface area (Å²) in [6.45, 7) is 1.74. The lowest BCUT2D eigenvalue weighted by Crippen LogP contribution is -2.48. The van der Waals surface area contributed by atoms with Crippen LogP contribution in [0.1, 0.15) is 44.3 Å². The van der Waals surface area contributed by atoms with Gasteiger partial charge in [-0.2, -0.15) is 0 Å². The predicted octanol–water partition coefficient (Wildman–Crippen LogP) is 2.56. The number of imidazole rings is 1. The van der Waals surface area contributed by atoms with Crippen molar-refractivity contribution in [3.8, 4) is 0 Å². The third kappa shape index (κ3) is 1.63. The highest BCUT2D eigenvalue weighted by Crippen LogP contribution is 2.60. The summed E-state index contributed by atoms with van der Waals surface area (Å²) in [7, 11) is 0. The minimum absolute atomic E-state index is 0.569. The molecule has 0 radical (unpaired) electrons. The Morgan fingerprint density at radius 2 is 1.78 bits per heavy atom. The third-order valence-electron chi connectivity index (χ3n) is 5.66. The average Bonchev–Trinajstić information content (AvgIpc) is 2.73. The molecule has 1 aromatic heterocycles. The molecule has 2 N–H and O–H groups in total. The summed E-state index contributed by atoms with van der Waals surface area (Å²) >= 11 is 0. The fourth-order valence-electron chi connectivity index (χ4n) is 5.52. The zero-order chi connectivity index (χ0) is 12.2. The monoisotopic (exact) mass is 245 g/mol. The van der Waals surface area contributed by atoms with Gasteiger partial charge in [-0.25, -0.2) is 4.98 Å². The Balaban J connectivity index is 1.61. The lowest BCUT2D eigenvalue weighted by molar-refractivity contribution is -0.0622.